The molecule has 0 amide bonds. The second-order valence-corrected chi connectivity index (χ2v) is 5.12. The summed E-state index contributed by atoms with van der Waals surface area (Å²) in [6.07, 6.45) is 3.66. The van der Waals surface area contributed by atoms with Gasteiger partial charge in [-0.15, -0.1) is 0 Å². The zero-order valence-corrected chi connectivity index (χ0v) is 11.3. The van der Waals surface area contributed by atoms with Crippen molar-refractivity contribution in [1.82, 2.24) is 0 Å². The van der Waals surface area contributed by atoms with Crippen molar-refractivity contribution < 1.29 is 10.1 Å². The number of hydrogen-bond acceptors (Lipinski definition) is 5. The molecule has 20 heavy (non-hydrogen) atoms. The topological polar surface area (TPSA) is 105 Å². The van der Waals surface area contributed by atoms with Crippen LogP contribution in [0.3, 0.4) is 0 Å². The van der Waals surface area contributed by atoms with Gasteiger partial charge in [-0.05, 0) is 24.8 Å². The second kappa shape index (κ2) is 5.77. The van der Waals surface area contributed by atoms with E-state index in [-0.39, 0.29) is 11.5 Å². The SMILES string of the molecule is CN(CC1CCC1)c1ccc([N+](=O)[O-])cc1C(N)=NO. The Kier molecular flexibility index (Phi) is 4.07. The summed E-state index contributed by atoms with van der Waals surface area (Å²) in [6.45, 7) is 0.865. The van der Waals surface area contributed by atoms with Gasteiger partial charge >= 0.3 is 0 Å². The summed E-state index contributed by atoms with van der Waals surface area (Å²) in [7, 11) is 1.91. The Morgan fingerprint density at radius 3 is 2.80 bits per heavy atom. The Morgan fingerprint density at radius 1 is 1.60 bits per heavy atom. The van der Waals surface area contributed by atoms with E-state index in [0.717, 1.165) is 12.2 Å². The predicted molar refractivity (Wildman–Crippen MR) is 76.2 cm³/mol. The van der Waals surface area contributed by atoms with Gasteiger partial charge in [-0.1, -0.05) is 11.6 Å². The molecule has 0 bridgehead atoms. The Bertz CT molecular complexity index is 540. The molecule has 2 rings (SSSR count). The van der Waals surface area contributed by atoms with E-state index in [1.165, 1.54) is 31.4 Å². The molecule has 7 nitrogen and oxygen atoms in total. The molecule has 0 radical (unpaired) electrons. The van der Waals surface area contributed by atoms with Gasteiger partial charge in [-0.2, -0.15) is 0 Å². The Labute approximate surface area is 116 Å². The van der Waals surface area contributed by atoms with Crippen molar-refractivity contribution in [3.05, 3.63) is 33.9 Å². The van der Waals surface area contributed by atoms with Crippen LogP contribution in [0.25, 0.3) is 0 Å². The number of nitro benzene ring substituents is 1. The summed E-state index contributed by atoms with van der Waals surface area (Å²) in [5.41, 5.74) is 6.67. The lowest BCUT2D eigenvalue weighted by Gasteiger charge is -2.32. The highest BCUT2D eigenvalue weighted by Crippen LogP contribution is 2.30. The molecule has 0 heterocycles. The van der Waals surface area contributed by atoms with Crippen molar-refractivity contribution >= 4 is 17.2 Å². The largest absolute Gasteiger partial charge is 0.409 e. The van der Waals surface area contributed by atoms with Crippen LogP contribution in [-0.4, -0.2) is 29.6 Å². The summed E-state index contributed by atoms with van der Waals surface area (Å²) in [6, 6.07) is 4.41. The van der Waals surface area contributed by atoms with E-state index in [1.807, 2.05) is 11.9 Å². The highest BCUT2D eigenvalue weighted by molar-refractivity contribution is 6.02. The first-order valence-electron chi connectivity index (χ1n) is 6.50. The average molecular weight is 278 g/mol. The van der Waals surface area contributed by atoms with Crippen molar-refractivity contribution in [3.63, 3.8) is 0 Å². The maximum Gasteiger partial charge on any atom is 0.270 e. The molecule has 0 spiro atoms. The third kappa shape index (κ3) is 2.81. The number of rotatable bonds is 5. The van der Waals surface area contributed by atoms with E-state index in [1.54, 1.807) is 6.07 Å². The molecule has 3 N–H and O–H groups in total. The first-order valence-corrected chi connectivity index (χ1v) is 6.50. The first kappa shape index (κ1) is 14.1. The van der Waals surface area contributed by atoms with Gasteiger partial charge in [0.1, 0.15) is 0 Å². The van der Waals surface area contributed by atoms with Crippen LogP contribution in [0.2, 0.25) is 0 Å². The smallest absolute Gasteiger partial charge is 0.270 e. The fraction of sp³-hybridized carbons (Fsp3) is 0.462. The summed E-state index contributed by atoms with van der Waals surface area (Å²) < 4.78 is 0. The fourth-order valence-electron chi connectivity index (χ4n) is 2.39. The molecule has 1 fully saturated rings. The van der Waals surface area contributed by atoms with Crippen molar-refractivity contribution in [2.75, 3.05) is 18.5 Å². The lowest BCUT2D eigenvalue weighted by Crippen LogP contribution is -2.31. The molecule has 0 atom stereocenters. The highest BCUT2D eigenvalue weighted by atomic mass is 16.6. The van der Waals surface area contributed by atoms with Crippen molar-refractivity contribution in [1.29, 1.82) is 0 Å². The number of non-ortho nitro benzene ring substituents is 1. The summed E-state index contributed by atoms with van der Waals surface area (Å²) >= 11 is 0. The number of anilines is 1. The van der Waals surface area contributed by atoms with Crippen molar-refractivity contribution in [3.8, 4) is 0 Å². The maximum atomic E-state index is 10.8. The molecule has 1 aliphatic carbocycles. The fourth-order valence-corrected chi connectivity index (χ4v) is 2.39. The number of benzene rings is 1. The molecule has 1 aromatic rings. The normalized spacial score (nSPS) is 15.8. The molecule has 7 heteroatoms. The van der Waals surface area contributed by atoms with E-state index in [9.17, 15) is 10.1 Å². The molecule has 1 aliphatic rings. The molecular weight excluding hydrogens is 260 g/mol. The van der Waals surface area contributed by atoms with E-state index in [4.69, 9.17) is 10.9 Å². The van der Waals surface area contributed by atoms with Gasteiger partial charge in [-0.25, -0.2) is 0 Å². The number of nitrogens with two attached hydrogens (primary N) is 1. The van der Waals surface area contributed by atoms with E-state index in [2.05, 4.69) is 5.16 Å². The lowest BCUT2D eigenvalue weighted by atomic mass is 9.85. The second-order valence-electron chi connectivity index (χ2n) is 5.12. The molecule has 108 valence electrons. The van der Waals surface area contributed by atoms with E-state index >= 15 is 0 Å². The van der Waals surface area contributed by atoms with Crippen LogP contribution < -0.4 is 10.6 Å². The number of nitrogens with zero attached hydrogens (tertiary/aromatic N) is 3. The first-order chi connectivity index (χ1) is 9.52. The van der Waals surface area contributed by atoms with Gasteiger partial charge in [0.2, 0.25) is 0 Å². The monoisotopic (exact) mass is 278 g/mol. The maximum absolute atomic E-state index is 10.8. The van der Waals surface area contributed by atoms with Crippen LogP contribution in [0.1, 0.15) is 24.8 Å². The molecule has 0 unspecified atom stereocenters. The molecule has 0 aromatic heterocycles. The van der Waals surface area contributed by atoms with E-state index in [0.29, 0.717) is 11.5 Å². The van der Waals surface area contributed by atoms with Gasteiger partial charge in [-0.3, -0.25) is 10.1 Å². The molecule has 0 saturated heterocycles. The van der Waals surface area contributed by atoms with Crippen LogP contribution in [0, 0.1) is 16.0 Å². The predicted octanol–water partition coefficient (Wildman–Crippen LogP) is 1.93. The van der Waals surface area contributed by atoms with Gasteiger partial charge < -0.3 is 15.8 Å². The third-order valence-electron chi connectivity index (χ3n) is 3.74. The standard InChI is InChI=1S/C13H18N4O3/c1-16(8-9-3-2-4-9)12-6-5-10(17(19)20)7-11(12)13(14)15-18/h5-7,9,18H,2-4,8H2,1H3,(H2,14,15). The minimum Gasteiger partial charge on any atom is -0.409 e. The number of nitro groups is 1. The summed E-state index contributed by atoms with van der Waals surface area (Å²) in [4.78, 5) is 12.3. The van der Waals surface area contributed by atoms with Gasteiger partial charge in [0.15, 0.2) is 5.84 Å². The van der Waals surface area contributed by atoms with Gasteiger partial charge in [0, 0.05) is 31.4 Å². The Morgan fingerprint density at radius 2 is 2.30 bits per heavy atom. The van der Waals surface area contributed by atoms with E-state index < -0.39 is 4.92 Å². The van der Waals surface area contributed by atoms with Gasteiger partial charge in [0.25, 0.3) is 5.69 Å². The zero-order chi connectivity index (χ0) is 14.7. The van der Waals surface area contributed by atoms with Crippen molar-refractivity contribution in [2.45, 2.75) is 19.3 Å². The van der Waals surface area contributed by atoms with Crippen LogP contribution in [0.15, 0.2) is 23.4 Å². The lowest BCUT2D eigenvalue weighted by molar-refractivity contribution is -0.384. The molecule has 1 aromatic carbocycles. The molecule has 0 aliphatic heterocycles. The minimum atomic E-state index is -0.496. The Hall–Kier alpha value is -2.31. The Balaban J connectivity index is 2.32. The summed E-state index contributed by atoms with van der Waals surface area (Å²) in [5.74, 6) is 0.527. The minimum absolute atomic E-state index is 0.0765. The van der Waals surface area contributed by atoms with Crippen molar-refractivity contribution in [2.24, 2.45) is 16.8 Å². The number of oxime groups is 1. The zero-order valence-electron chi connectivity index (χ0n) is 11.3. The number of hydrogen-bond donors (Lipinski definition) is 2. The van der Waals surface area contributed by atoms with Crippen LogP contribution in [-0.2, 0) is 0 Å². The highest BCUT2D eigenvalue weighted by Gasteiger charge is 2.22. The molecular formula is C13H18N4O3. The quantitative estimate of drug-likeness (QED) is 0.281. The van der Waals surface area contributed by atoms with Crippen LogP contribution in [0.5, 0.6) is 0 Å². The number of amidine groups is 1. The third-order valence-corrected chi connectivity index (χ3v) is 3.74. The van der Waals surface area contributed by atoms with Crippen LogP contribution in [0.4, 0.5) is 11.4 Å². The average Bonchev–Trinajstić information content (AvgIpc) is 2.40. The van der Waals surface area contributed by atoms with Gasteiger partial charge in [0.05, 0.1) is 10.5 Å². The summed E-state index contributed by atoms with van der Waals surface area (Å²) in [5, 5.41) is 22.6. The van der Waals surface area contributed by atoms with Crippen LogP contribution >= 0.6 is 0 Å². The molecule has 1 saturated carbocycles.